The average Bonchev–Trinajstić information content (AvgIpc) is 3.29. The van der Waals surface area contributed by atoms with E-state index in [1.54, 1.807) is 12.1 Å². The van der Waals surface area contributed by atoms with Crippen molar-refractivity contribution in [3.05, 3.63) is 23.8 Å². The van der Waals surface area contributed by atoms with Crippen molar-refractivity contribution < 1.29 is 9.59 Å². The van der Waals surface area contributed by atoms with Crippen LogP contribution in [0.25, 0.3) is 0 Å². The first kappa shape index (κ1) is 14.9. The van der Waals surface area contributed by atoms with Gasteiger partial charge in [0.1, 0.15) is 0 Å². The molecule has 0 unspecified atom stereocenters. The van der Waals surface area contributed by atoms with Gasteiger partial charge in [-0.15, -0.1) is 11.8 Å². The summed E-state index contributed by atoms with van der Waals surface area (Å²) < 4.78 is 0. The lowest BCUT2D eigenvalue weighted by molar-refractivity contribution is -0.128. The van der Waals surface area contributed by atoms with Gasteiger partial charge in [0.2, 0.25) is 11.8 Å². The summed E-state index contributed by atoms with van der Waals surface area (Å²) in [5, 5.41) is 11.9. The van der Waals surface area contributed by atoms with Crippen LogP contribution < -0.4 is 5.32 Å². The summed E-state index contributed by atoms with van der Waals surface area (Å²) in [4.78, 5) is 27.1. The van der Waals surface area contributed by atoms with Gasteiger partial charge in [-0.1, -0.05) is 0 Å². The molecule has 2 aliphatic rings. The molecule has 0 aromatic heterocycles. The Balaban J connectivity index is 1.72. The van der Waals surface area contributed by atoms with Crippen LogP contribution in [-0.4, -0.2) is 35.6 Å². The maximum absolute atomic E-state index is 12.4. The minimum atomic E-state index is -0.298. The fourth-order valence-electron chi connectivity index (χ4n) is 2.76. The Morgan fingerprint density at radius 3 is 2.86 bits per heavy atom. The van der Waals surface area contributed by atoms with Crippen LogP contribution >= 0.6 is 11.8 Å². The van der Waals surface area contributed by atoms with Crippen molar-refractivity contribution in [3.8, 4) is 6.07 Å². The zero-order valence-electron chi connectivity index (χ0n) is 12.3. The second-order valence-corrected chi connectivity index (χ2v) is 6.54. The predicted molar refractivity (Wildman–Crippen MR) is 84.4 cm³/mol. The summed E-state index contributed by atoms with van der Waals surface area (Å²) >= 11 is 1.51. The first-order valence-electron chi connectivity index (χ1n) is 7.31. The van der Waals surface area contributed by atoms with Gasteiger partial charge in [0.05, 0.1) is 23.2 Å². The zero-order valence-corrected chi connectivity index (χ0v) is 13.2. The molecule has 5 nitrogen and oxygen atoms in total. The summed E-state index contributed by atoms with van der Waals surface area (Å²) in [7, 11) is 0. The average molecular weight is 315 g/mol. The number of nitriles is 1. The Morgan fingerprint density at radius 1 is 1.45 bits per heavy atom. The van der Waals surface area contributed by atoms with Crippen molar-refractivity contribution in [2.75, 3.05) is 18.1 Å². The highest BCUT2D eigenvalue weighted by Crippen LogP contribution is 2.33. The van der Waals surface area contributed by atoms with Gasteiger partial charge in [-0.2, -0.15) is 5.26 Å². The van der Waals surface area contributed by atoms with E-state index < -0.39 is 0 Å². The van der Waals surface area contributed by atoms with Gasteiger partial charge >= 0.3 is 0 Å². The number of carbonyl (C=O) groups is 2. The molecule has 1 aliphatic carbocycles. The van der Waals surface area contributed by atoms with Gasteiger partial charge in [-0.25, -0.2) is 0 Å². The highest BCUT2D eigenvalue weighted by atomic mass is 32.2. The van der Waals surface area contributed by atoms with Crippen molar-refractivity contribution >= 4 is 29.3 Å². The molecule has 0 radical (unpaired) electrons. The molecule has 3 rings (SSSR count). The SMILES string of the molecule is CSc1ccc(C#N)cc1NC(=O)[C@@H]1CC(=O)N(C2CC2)C1. The van der Waals surface area contributed by atoms with Crippen molar-refractivity contribution in [1.82, 2.24) is 4.90 Å². The Kier molecular flexibility index (Phi) is 4.08. The van der Waals surface area contributed by atoms with Crippen LogP contribution in [0.3, 0.4) is 0 Å². The van der Waals surface area contributed by atoms with Crippen LogP contribution in [0.5, 0.6) is 0 Å². The van der Waals surface area contributed by atoms with Gasteiger partial charge in [0, 0.05) is 23.9 Å². The largest absolute Gasteiger partial charge is 0.339 e. The van der Waals surface area contributed by atoms with E-state index in [1.807, 2.05) is 17.2 Å². The third-order valence-electron chi connectivity index (χ3n) is 4.10. The second-order valence-electron chi connectivity index (χ2n) is 5.69. The third kappa shape index (κ3) is 2.95. The number of anilines is 1. The number of rotatable bonds is 4. The first-order valence-corrected chi connectivity index (χ1v) is 8.53. The van der Waals surface area contributed by atoms with Gasteiger partial charge < -0.3 is 10.2 Å². The molecule has 2 fully saturated rings. The molecule has 0 bridgehead atoms. The maximum Gasteiger partial charge on any atom is 0.229 e. The number of hydrogen-bond donors (Lipinski definition) is 1. The first-order chi connectivity index (χ1) is 10.6. The minimum Gasteiger partial charge on any atom is -0.339 e. The van der Waals surface area contributed by atoms with E-state index in [9.17, 15) is 9.59 Å². The molecule has 1 heterocycles. The lowest BCUT2D eigenvalue weighted by Gasteiger charge is -2.16. The van der Waals surface area contributed by atoms with E-state index in [-0.39, 0.29) is 24.2 Å². The lowest BCUT2D eigenvalue weighted by atomic mass is 10.1. The molecule has 1 saturated heterocycles. The van der Waals surface area contributed by atoms with E-state index >= 15 is 0 Å². The van der Waals surface area contributed by atoms with Crippen LogP contribution in [0, 0.1) is 17.2 Å². The number of likely N-dealkylation sites (tertiary alicyclic amines) is 1. The second kappa shape index (κ2) is 6.01. The molecule has 1 saturated carbocycles. The summed E-state index contributed by atoms with van der Waals surface area (Å²) in [5.74, 6) is -0.353. The number of nitrogens with one attached hydrogen (secondary N) is 1. The van der Waals surface area contributed by atoms with Gasteiger partial charge in [0.15, 0.2) is 0 Å². The van der Waals surface area contributed by atoms with Crippen molar-refractivity contribution in [3.63, 3.8) is 0 Å². The highest BCUT2D eigenvalue weighted by Gasteiger charge is 2.41. The summed E-state index contributed by atoms with van der Waals surface area (Å²) in [6, 6.07) is 7.67. The topological polar surface area (TPSA) is 73.2 Å². The van der Waals surface area contributed by atoms with Crippen LogP contribution in [-0.2, 0) is 9.59 Å². The highest BCUT2D eigenvalue weighted by molar-refractivity contribution is 7.98. The Bertz CT molecular complexity index is 664. The Morgan fingerprint density at radius 2 is 2.23 bits per heavy atom. The third-order valence-corrected chi connectivity index (χ3v) is 4.90. The summed E-state index contributed by atoms with van der Waals surface area (Å²) in [6.45, 7) is 0.516. The fourth-order valence-corrected chi connectivity index (χ4v) is 3.29. The van der Waals surface area contributed by atoms with Gasteiger partial charge in [-0.05, 0) is 37.3 Å². The summed E-state index contributed by atoms with van der Waals surface area (Å²) in [6.07, 6.45) is 4.32. The molecule has 1 N–H and O–H groups in total. The fraction of sp³-hybridized carbons (Fsp3) is 0.438. The van der Waals surface area contributed by atoms with E-state index in [1.165, 1.54) is 11.8 Å². The van der Waals surface area contributed by atoms with Crippen LogP contribution in [0.2, 0.25) is 0 Å². The quantitative estimate of drug-likeness (QED) is 0.865. The summed E-state index contributed by atoms with van der Waals surface area (Å²) in [5.41, 5.74) is 1.16. The number of benzene rings is 1. The lowest BCUT2D eigenvalue weighted by Crippen LogP contribution is -2.30. The normalized spacial score (nSPS) is 20.8. The molecule has 114 valence electrons. The van der Waals surface area contributed by atoms with Crippen molar-refractivity contribution in [2.45, 2.75) is 30.2 Å². The molecule has 0 spiro atoms. The molecule has 1 atom stereocenters. The Labute approximate surface area is 133 Å². The van der Waals surface area contributed by atoms with Crippen LogP contribution in [0.1, 0.15) is 24.8 Å². The molecule has 2 amide bonds. The molecular formula is C16H17N3O2S. The number of amides is 2. The molecule has 6 heteroatoms. The number of thioether (sulfide) groups is 1. The number of hydrogen-bond acceptors (Lipinski definition) is 4. The van der Waals surface area contributed by atoms with E-state index in [0.717, 1.165) is 17.7 Å². The zero-order chi connectivity index (χ0) is 15.7. The van der Waals surface area contributed by atoms with E-state index in [0.29, 0.717) is 23.8 Å². The van der Waals surface area contributed by atoms with Crippen LogP contribution in [0.4, 0.5) is 5.69 Å². The van der Waals surface area contributed by atoms with Crippen LogP contribution in [0.15, 0.2) is 23.1 Å². The standard InChI is InChI=1S/C16H17N3O2S/c1-22-14-5-2-10(8-17)6-13(14)18-16(21)11-7-15(20)19(9-11)12-3-4-12/h2,5-6,11-12H,3-4,7,9H2,1H3,(H,18,21)/t11-/m1/s1. The van der Waals surface area contributed by atoms with Gasteiger partial charge in [-0.3, -0.25) is 9.59 Å². The molecule has 1 aromatic rings. The van der Waals surface area contributed by atoms with Crippen molar-refractivity contribution in [2.24, 2.45) is 5.92 Å². The monoisotopic (exact) mass is 315 g/mol. The van der Waals surface area contributed by atoms with Gasteiger partial charge in [0.25, 0.3) is 0 Å². The molecular weight excluding hydrogens is 298 g/mol. The van der Waals surface area contributed by atoms with Crippen molar-refractivity contribution in [1.29, 1.82) is 5.26 Å². The van der Waals surface area contributed by atoms with E-state index in [2.05, 4.69) is 11.4 Å². The van der Waals surface area contributed by atoms with E-state index in [4.69, 9.17) is 5.26 Å². The minimum absolute atomic E-state index is 0.0820. The number of nitrogens with zero attached hydrogens (tertiary/aromatic N) is 2. The molecule has 22 heavy (non-hydrogen) atoms. The number of carbonyl (C=O) groups excluding carboxylic acids is 2. The molecule has 1 aliphatic heterocycles. The molecule has 1 aromatic carbocycles. The Hall–Kier alpha value is -2.00. The maximum atomic E-state index is 12.4. The smallest absolute Gasteiger partial charge is 0.229 e. The predicted octanol–water partition coefficient (Wildman–Crippen LogP) is 2.23.